The summed E-state index contributed by atoms with van der Waals surface area (Å²) < 4.78 is 3.88. The van der Waals surface area contributed by atoms with Gasteiger partial charge in [-0.05, 0) is 17.5 Å². The van der Waals surface area contributed by atoms with Crippen molar-refractivity contribution in [3.8, 4) is 0 Å². The van der Waals surface area contributed by atoms with Gasteiger partial charge in [-0.15, -0.1) is 0 Å². The largest absolute Gasteiger partial charge is 0.322 e. The Morgan fingerprint density at radius 1 is 1.60 bits per heavy atom. The van der Waals surface area contributed by atoms with Crippen LogP contribution >= 0.6 is 11.5 Å². The molecule has 0 saturated heterocycles. The summed E-state index contributed by atoms with van der Waals surface area (Å²) in [7, 11) is 0. The highest BCUT2D eigenvalue weighted by atomic mass is 32.1. The van der Waals surface area contributed by atoms with Gasteiger partial charge in [0.25, 0.3) is 0 Å². The maximum Gasteiger partial charge on any atom is 0.130 e. The molecule has 0 radical (unpaired) electrons. The fourth-order valence-electron chi connectivity index (χ4n) is 0.614. The Bertz CT molecular complexity index is 183. The van der Waals surface area contributed by atoms with Crippen molar-refractivity contribution in [3.05, 3.63) is 11.3 Å². The van der Waals surface area contributed by atoms with Crippen molar-refractivity contribution < 1.29 is 0 Å². The molecule has 2 N–H and O–H groups in total. The zero-order valence-electron chi connectivity index (χ0n) is 6.11. The van der Waals surface area contributed by atoms with Gasteiger partial charge < -0.3 is 5.73 Å². The average molecular weight is 157 g/mol. The van der Waals surface area contributed by atoms with Gasteiger partial charge in [0.05, 0.1) is 6.04 Å². The Hall–Kier alpha value is -0.480. The van der Waals surface area contributed by atoms with E-state index in [0.29, 0.717) is 5.92 Å². The molecule has 0 unspecified atom stereocenters. The summed E-state index contributed by atoms with van der Waals surface area (Å²) in [5.74, 6) is 0.438. The summed E-state index contributed by atoms with van der Waals surface area (Å²) in [6.45, 7) is 4.15. The molecule has 1 aromatic rings. The minimum atomic E-state index is 0.0486. The molecule has 0 saturated carbocycles. The fourth-order valence-corrected chi connectivity index (χ4v) is 1.30. The van der Waals surface area contributed by atoms with E-state index in [4.69, 9.17) is 5.73 Å². The van der Waals surface area contributed by atoms with E-state index in [9.17, 15) is 0 Å². The second-order valence-corrected chi connectivity index (χ2v) is 3.36. The van der Waals surface area contributed by atoms with Gasteiger partial charge in [-0.1, -0.05) is 13.8 Å². The zero-order chi connectivity index (χ0) is 7.56. The van der Waals surface area contributed by atoms with Crippen LogP contribution in [0.15, 0.2) is 6.33 Å². The highest BCUT2D eigenvalue weighted by Crippen LogP contribution is 2.18. The molecule has 1 aromatic heterocycles. The molecule has 0 aliphatic carbocycles. The topological polar surface area (TPSA) is 51.8 Å². The number of hydrogen-bond acceptors (Lipinski definition) is 4. The maximum absolute atomic E-state index is 5.79. The summed E-state index contributed by atoms with van der Waals surface area (Å²) in [6.07, 6.45) is 1.54. The first kappa shape index (κ1) is 7.63. The van der Waals surface area contributed by atoms with Crippen LogP contribution in [-0.2, 0) is 0 Å². The van der Waals surface area contributed by atoms with E-state index in [0.717, 1.165) is 5.01 Å². The van der Waals surface area contributed by atoms with Crippen LogP contribution in [0.4, 0.5) is 0 Å². The minimum Gasteiger partial charge on any atom is -0.322 e. The smallest absolute Gasteiger partial charge is 0.130 e. The molecule has 0 spiro atoms. The molecule has 0 amide bonds. The van der Waals surface area contributed by atoms with E-state index in [1.54, 1.807) is 6.33 Å². The lowest BCUT2D eigenvalue weighted by Crippen LogP contribution is -2.16. The predicted molar refractivity (Wildman–Crippen MR) is 41.7 cm³/mol. The second kappa shape index (κ2) is 3.07. The van der Waals surface area contributed by atoms with Crippen LogP contribution in [-0.4, -0.2) is 9.36 Å². The molecule has 0 aliphatic rings. The first-order valence-corrected chi connectivity index (χ1v) is 4.01. The molecule has 1 heterocycles. The number of nitrogens with zero attached hydrogens (tertiary/aromatic N) is 2. The van der Waals surface area contributed by atoms with Gasteiger partial charge in [-0.2, -0.15) is 4.37 Å². The summed E-state index contributed by atoms with van der Waals surface area (Å²) in [4.78, 5) is 4.02. The van der Waals surface area contributed by atoms with Gasteiger partial charge in [0.1, 0.15) is 11.3 Å². The molecular weight excluding hydrogens is 146 g/mol. The summed E-state index contributed by atoms with van der Waals surface area (Å²) in [6, 6.07) is 0.0486. The number of nitrogens with two attached hydrogens (primary N) is 1. The van der Waals surface area contributed by atoms with E-state index in [1.165, 1.54) is 11.5 Å². The van der Waals surface area contributed by atoms with Crippen molar-refractivity contribution in [2.75, 3.05) is 0 Å². The molecule has 0 aromatic carbocycles. The van der Waals surface area contributed by atoms with Gasteiger partial charge in [0.2, 0.25) is 0 Å². The lowest BCUT2D eigenvalue weighted by atomic mass is 10.1. The lowest BCUT2D eigenvalue weighted by Gasteiger charge is -2.10. The fraction of sp³-hybridized carbons (Fsp3) is 0.667. The van der Waals surface area contributed by atoms with E-state index >= 15 is 0 Å². The summed E-state index contributed by atoms with van der Waals surface area (Å²) >= 11 is 1.37. The highest BCUT2D eigenvalue weighted by Gasteiger charge is 2.12. The van der Waals surface area contributed by atoms with Crippen LogP contribution < -0.4 is 5.73 Å². The van der Waals surface area contributed by atoms with Crippen LogP contribution in [0.25, 0.3) is 0 Å². The zero-order valence-corrected chi connectivity index (χ0v) is 6.93. The molecule has 1 atom stereocenters. The van der Waals surface area contributed by atoms with Crippen LogP contribution in [0.5, 0.6) is 0 Å². The summed E-state index contributed by atoms with van der Waals surface area (Å²) in [5.41, 5.74) is 5.79. The summed E-state index contributed by atoms with van der Waals surface area (Å²) in [5, 5.41) is 0.926. The first-order valence-electron chi connectivity index (χ1n) is 3.24. The minimum absolute atomic E-state index is 0.0486. The molecular formula is C6H11N3S. The number of rotatable bonds is 2. The first-order chi connectivity index (χ1) is 4.72. The monoisotopic (exact) mass is 157 g/mol. The van der Waals surface area contributed by atoms with E-state index < -0.39 is 0 Å². The van der Waals surface area contributed by atoms with Crippen LogP contribution in [0.2, 0.25) is 0 Å². The Kier molecular flexibility index (Phi) is 2.34. The van der Waals surface area contributed by atoms with Crippen LogP contribution in [0.1, 0.15) is 24.9 Å². The molecule has 1 rings (SSSR count). The quantitative estimate of drug-likeness (QED) is 0.701. The molecule has 0 fully saturated rings. The molecule has 4 heteroatoms. The number of aromatic nitrogens is 2. The van der Waals surface area contributed by atoms with Crippen LogP contribution in [0.3, 0.4) is 0 Å². The SMILES string of the molecule is CC(C)[C@H](N)c1ncns1. The Morgan fingerprint density at radius 3 is 2.70 bits per heavy atom. The maximum atomic E-state index is 5.79. The van der Waals surface area contributed by atoms with E-state index in [1.807, 2.05) is 0 Å². The molecule has 10 heavy (non-hydrogen) atoms. The van der Waals surface area contributed by atoms with Gasteiger partial charge in [-0.25, -0.2) is 4.98 Å². The average Bonchev–Trinajstić information content (AvgIpc) is 2.36. The third-order valence-corrected chi connectivity index (χ3v) is 2.15. The standard InChI is InChI=1S/C6H11N3S/c1-4(2)5(7)6-8-3-9-10-6/h3-5H,7H2,1-2H3/t5-/m0/s1. The van der Waals surface area contributed by atoms with Crippen molar-refractivity contribution in [3.63, 3.8) is 0 Å². The van der Waals surface area contributed by atoms with E-state index in [2.05, 4.69) is 23.2 Å². The highest BCUT2D eigenvalue weighted by molar-refractivity contribution is 7.05. The third kappa shape index (κ3) is 1.52. The normalized spacial score (nSPS) is 14.0. The van der Waals surface area contributed by atoms with Gasteiger partial charge >= 0.3 is 0 Å². The van der Waals surface area contributed by atoms with E-state index in [-0.39, 0.29) is 6.04 Å². The van der Waals surface area contributed by atoms with Gasteiger partial charge in [0, 0.05) is 0 Å². The third-order valence-electron chi connectivity index (χ3n) is 1.38. The van der Waals surface area contributed by atoms with Crippen molar-refractivity contribution in [2.24, 2.45) is 11.7 Å². The van der Waals surface area contributed by atoms with Crippen molar-refractivity contribution in [1.29, 1.82) is 0 Å². The Balaban J connectivity index is 2.68. The lowest BCUT2D eigenvalue weighted by molar-refractivity contribution is 0.512. The second-order valence-electron chi connectivity index (χ2n) is 2.55. The predicted octanol–water partition coefficient (Wildman–Crippen LogP) is 1.19. The van der Waals surface area contributed by atoms with Crippen LogP contribution in [0, 0.1) is 5.92 Å². The van der Waals surface area contributed by atoms with Crippen molar-refractivity contribution >= 4 is 11.5 Å². The molecule has 0 bridgehead atoms. The Morgan fingerprint density at radius 2 is 2.30 bits per heavy atom. The van der Waals surface area contributed by atoms with Crippen molar-refractivity contribution in [2.45, 2.75) is 19.9 Å². The Labute approximate surface area is 64.5 Å². The van der Waals surface area contributed by atoms with Gasteiger partial charge in [0.15, 0.2) is 0 Å². The van der Waals surface area contributed by atoms with Gasteiger partial charge in [-0.3, -0.25) is 0 Å². The van der Waals surface area contributed by atoms with Crippen molar-refractivity contribution in [1.82, 2.24) is 9.36 Å². The molecule has 3 nitrogen and oxygen atoms in total. The molecule has 56 valence electrons. The molecule has 0 aliphatic heterocycles. The number of hydrogen-bond donors (Lipinski definition) is 1.